The maximum Gasteiger partial charge on any atom is 0.267 e. The number of anilines is 1. The molecule has 4 nitrogen and oxygen atoms in total. The number of halogens is 1. The van der Waals surface area contributed by atoms with E-state index in [0.29, 0.717) is 15.2 Å². The molecular weight excluding hydrogens is 338 g/mol. The Kier molecular flexibility index (Phi) is 3.29. The minimum atomic E-state index is -0.184. The standard InChI is InChI=1S/C15H8ClN3OS2/c16-13-9-7-11(14(20)19-15-17-5-6-21-15)22-12(9)8-3-1-2-4-10(8)18-13/h1-7H,(H,17,19,20). The van der Waals surface area contributed by atoms with E-state index in [1.807, 2.05) is 29.6 Å². The Balaban J connectivity index is 1.84. The number of pyridine rings is 1. The van der Waals surface area contributed by atoms with Gasteiger partial charge in [0.15, 0.2) is 5.13 Å². The number of aromatic nitrogens is 2. The molecule has 0 unspecified atom stereocenters. The molecule has 1 aromatic carbocycles. The fraction of sp³-hybridized carbons (Fsp3) is 0. The lowest BCUT2D eigenvalue weighted by Gasteiger charge is -1.99. The predicted octanol–water partition coefficient (Wildman–Crippen LogP) is 4.81. The van der Waals surface area contributed by atoms with Gasteiger partial charge in [-0.2, -0.15) is 0 Å². The Morgan fingerprint density at radius 2 is 2.09 bits per heavy atom. The number of thiophene rings is 1. The number of hydrogen-bond donors (Lipinski definition) is 1. The number of para-hydroxylation sites is 1. The van der Waals surface area contributed by atoms with Crippen molar-refractivity contribution in [1.29, 1.82) is 0 Å². The second-order valence-corrected chi connectivity index (χ2v) is 6.87. The van der Waals surface area contributed by atoms with Gasteiger partial charge >= 0.3 is 0 Å². The Morgan fingerprint density at radius 1 is 1.23 bits per heavy atom. The van der Waals surface area contributed by atoms with Crippen LogP contribution in [0.3, 0.4) is 0 Å². The summed E-state index contributed by atoms with van der Waals surface area (Å²) in [6.07, 6.45) is 1.65. The molecule has 108 valence electrons. The Morgan fingerprint density at radius 3 is 2.91 bits per heavy atom. The number of rotatable bonds is 2. The number of fused-ring (bicyclic) bond motifs is 3. The average molecular weight is 346 g/mol. The summed E-state index contributed by atoms with van der Waals surface area (Å²) < 4.78 is 0.972. The van der Waals surface area contributed by atoms with Gasteiger partial charge in [0, 0.05) is 27.0 Å². The zero-order valence-electron chi connectivity index (χ0n) is 11.0. The summed E-state index contributed by atoms with van der Waals surface area (Å²) in [5.41, 5.74) is 0.828. The van der Waals surface area contributed by atoms with Crippen LogP contribution in [0.15, 0.2) is 41.9 Å². The summed E-state index contributed by atoms with van der Waals surface area (Å²) in [5, 5.41) is 7.39. The fourth-order valence-electron chi connectivity index (χ4n) is 2.23. The number of amides is 1. The van der Waals surface area contributed by atoms with Crippen LogP contribution < -0.4 is 5.32 Å². The molecular formula is C15H8ClN3OS2. The molecule has 0 fully saturated rings. The van der Waals surface area contributed by atoms with E-state index in [-0.39, 0.29) is 5.91 Å². The van der Waals surface area contributed by atoms with Crippen molar-refractivity contribution in [2.45, 2.75) is 0 Å². The van der Waals surface area contributed by atoms with Crippen molar-refractivity contribution in [1.82, 2.24) is 9.97 Å². The van der Waals surface area contributed by atoms with Gasteiger partial charge < -0.3 is 0 Å². The van der Waals surface area contributed by atoms with Gasteiger partial charge in [0.2, 0.25) is 0 Å². The first-order chi connectivity index (χ1) is 10.7. The van der Waals surface area contributed by atoms with Crippen LogP contribution in [0.1, 0.15) is 9.67 Å². The molecule has 22 heavy (non-hydrogen) atoms. The highest BCUT2D eigenvalue weighted by Crippen LogP contribution is 2.35. The molecule has 0 bridgehead atoms. The number of carbonyl (C=O) groups excluding carboxylic acids is 1. The SMILES string of the molecule is O=C(Nc1nccs1)c1cc2c(Cl)nc3ccccc3c2s1. The van der Waals surface area contributed by atoms with Crippen molar-refractivity contribution in [3.8, 4) is 0 Å². The number of carbonyl (C=O) groups is 1. The smallest absolute Gasteiger partial charge is 0.267 e. The van der Waals surface area contributed by atoms with Crippen molar-refractivity contribution < 1.29 is 4.79 Å². The van der Waals surface area contributed by atoms with E-state index in [4.69, 9.17) is 11.6 Å². The third-order valence-electron chi connectivity index (χ3n) is 3.20. The topological polar surface area (TPSA) is 54.9 Å². The molecule has 0 radical (unpaired) electrons. The van der Waals surface area contributed by atoms with Gasteiger partial charge in [-0.25, -0.2) is 9.97 Å². The van der Waals surface area contributed by atoms with Crippen LogP contribution in [0.2, 0.25) is 5.15 Å². The van der Waals surface area contributed by atoms with E-state index in [1.165, 1.54) is 22.7 Å². The van der Waals surface area contributed by atoms with Gasteiger partial charge in [0.05, 0.1) is 10.4 Å². The monoisotopic (exact) mass is 345 g/mol. The molecule has 1 amide bonds. The highest BCUT2D eigenvalue weighted by Gasteiger charge is 2.16. The molecule has 3 aromatic heterocycles. The molecule has 4 rings (SSSR count). The number of thiazole rings is 1. The lowest BCUT2D eigenvalue weighted by atomic mass is 10.2. The summed E-state index contributed by atoms with van der Waals surface area (Å²) in [5.74, 6) is -0.184. The van der Waals surface area contributed by atoms with Crippen LogP contribution in [-0.2, 0) is 0 Å². The molecule has 0 saturated carbocycles. The van der Waals surface area contributed by atoms with Crippen LogP contribution >= 0.6 is 34.3 Å². The highest BCUT2D eigenvalue weighted by atomic mass is 35.5. The van der Waals surface area contributed by atoms with Crippen molar-refractivity contribution >= 4 is 66.3 Å². The minimum Gasteiger partial charge on any atom is -0.297 e. The first-order valence-electron chi connectivity index (χ1n) is 6.41. The molecule has 0 aliphatic heterocycles. The van der Waals surface area contributed by atoms with Crippen molar-refractivity contribution in [2.24, 2.45) is 0 Å². The maximum atomic E-state index is 12.3. The molecule has 1 N–H and O–H groups in total. The lowest BCUT2D eigenvalue weighted by Crippen LogP contribution is -2.09. The van der Waals surface area contributed by atoms with Gasteiger partial charge in [-0.3, -0.25) is 10.1 Å². The fourth-order valence-corrected chi connectivity index (χ4v) is 4.14. The molecule has 7 heteroatoms. The molecule has 0 saturated heterocycles. The lowest BCUT2D eigenvalue weighted by molar-refractivity contribution is 0.103. The quantitative estimate of drug-likeness (QED) is 0.530. The Bertz CT molecular complexity index is 995. The van der Waals surface area contributed by atoms with Gasteiger partial charge in [0.1, 0.15) is 5.15 Å². The van der Waals surface area contributed by atoms with E-state index in [1.54, 1.807) is 12.3 Å². The van der Waals surface area contributed by atoms with Crippen LogP contribution in [-0.4, -0.2) is 15.9 Å². The second kappa shape index (κ2) is 5.31. The molecule has 0 aliphatic rings. The molecule has 3 heterocycles. The zero-order valence-corrected chi connectivity index (χ0v) is 13.4. The summed E-state index contributed by atoms with van der Waals surface area (Å²) in [7, 11) is 0. The zero-order chi connectivity index (χ0) is 15.1. The molecule has 0 spiro atoms. The summed E-state index contributed by atoms with van der Waals surface area (Å²) in [6, 6.07) is 9.55. The van der Waals surface area contributed by atoms with Gasteiger partial charge in [-0.05, 0) is 12.1 Å². The van der Waals surface area contributed by atoms with E-state index in [9.17, 15) is 4.79 Å². The average Bonchev–Trinajstić information content (AvgIpc) is 3.16. The largest absolute Gasteiger partial charge is 0.297 e. The van der Waals surface area contributed by atoms with E-state index < -0.39 is 0 Å². The normalized spacial score (nSPS) is 11.1. The summed E-state index contributed by atoms with van der Waals surface area (Å²) in [4.78, 5) is 21.4. The van der Waals surface area contributed by atoms with E-state index >= 15 is 0 Å². The molecule has 0 atom stereocenters. The van der Waals surface area contributed by atoms with Crippen molar-refractivity contribution in [3.63, 3.8) is 0 Å². The number of hydrogen-bond acceptors (Lipinski definition) is 5. The van der Waals surface area contributed by atoms with Gasteiger partial charge in [0.25, 0.3) is 5.91 Å². The highest BCUT2D eigenvalue weighted by molar-refractivity contribution is 7.22. The third-order valence-corrected chi connectivity index (χ3v) is 5.34. The number of benzene rings is 1. The van der Waals surface area contributed by atoms with E-state index in [2.05, 4.69) is 15.3 Å². The maximum absolute atomic E-state index is 12.3. The number of nitrogens with one attached hydrogen (secondary N) is 1. The summed E-state index contributed by atoms with van der Waals surface area (Å²) >= 11 is 9.04. The Labute approximate surface area is 138 Å². The summed E-state index contributed by atoms with van der Waals surface area (Å²) in [6.45, 7) is 0. The molecule has 0 aliphatic carbocycles. The van der Waals surface area contributed by atoms with E-state index in [0.717, 1.165) is 21.0 Å². The minimum absolute atomic E-state index is 0.184. The first kappa shape index (κ1) is 13.6. The number of nitrogens with zero attached hydrogens (tertiary/aromatic N) is 2. The van der Waals surface area contributed by atoms with Crippen LogP contribution in [0, 0.1) is 0 Å². The van der Waals surface area contributed by atoms with Gasteiger partial charge in [-0.1, -0.05) is 29.8 Å². The molecule has 4 aromatic rings. The van der Waals surface area contributed by atoms with Crippen LogP contribution in [0.5, 0.6) is 0 Å². The van der Waals surface area contributed by atoms with Gasteiger partial charge in [-0.15, -0.1) is 22.7 Å². The Hall–Kier alpha value is -2.02. The third kappa shape index (κ3) is 2.25. The predicted molar refractivity (Wildman–Crippen MR) is 92.2 cm³/mol. The van der Waals surface area contributed by atoms with Crippen molar-refractivity contribution in [3.05, 3.63) is 51.9 Å². The van der Waals surface area contributed by atoms with Crippen LogP contribution in [0.4, 0.5) is 5.13 Å². The van der Waals surface area contributed by atoms with Crippen molar-refractivity contribution in [2.75, 3.05) is 5.32 Å². The first-order valence-corrected chi connectivity index (χ1v) is 8.48. The van der Waals surface area contributed by atoms with Crippen LogP contribution in [0.25, 0.3) is 21.0 Å². The second-order valence-electron chi connectivity index (χ2n) is 4.56.